The number of fused-ring (bicyclic) bond motifs is 1. The van der Waals surface area contributed by atoms with Crippen molar-refractivity contribution in [2.75, 3.05) is 19.7 Å². The second-order valence-electron chi connectivity index (χ2n) is 12.9. The van der Waals surface area contributed by atoms with E-state index in [1.807, 2.05) is 35.2 Å². The van der Waals surface area contributed by atoms with Gasteiger partial charge in [0.1, 0.15) is 17.7 Å². The summed E-state index contributed by atoms with van der Waals surface area (Å²) in [6, 6.07) is 7.59. The number of esters is 1. The zero-order valence-electron chi connectivity index (χ0n) is 26.3. The van der Waals surface area contributed by atoms with Gasteiger partial charge in [0.05, 0.1) is 37.1 Å². The molecule has 1 aromatic carbocycles. The molecule has 5 rings (SSSR count). The molecule has 10 nitrogen and oxygen atoms in total. The first-order valence-electron chi connectivity index (χ1n) is 16.4. The third kappa shape index (κ3) is 6.31. The lowest BCUT2D eigenvalue weighted by Crippen LogP contribution is -2.60. The van der Waals surface area contributed by atoms with Gasteiger partial charge < -0.3 is 29.7 Å². The van der Waals surface area contributed by atoms with Crippen molar-refractivity contribution in [2.45, 2.75) is 101 Å². The molecule has 3 aliphatic heterocycles. The van der Waals surface area contributed by atoms with Crippen molar-refractivity contribution in [3.05, 3.63) is 61.2 Å². The summed E-state index contributed by atoms with van der Waals surface area (Å²) in [6.07, 6.45) is 8.76. The molecule has 2 N–H and O–H groups in total. The molecule has 4 aliphatic rings. The Kier molecular flexibility index (Phi) is 10.4. The number of aliphatic hydroxyl groups excluding tert-OH is 1. The highest BCUT2D eigenvalue weighted by atomic mass is 16.6. The largest absolute Gasteiger partial charge is 0.455 e. The molecule has 3 saturated heterocycles. The van der Waals surface area contributed by atoms with Crippen LogP contribution in [0.1, 0.15) is 76.4 Å². The lowest BCUT2D eigenvalue weighted by atomic mass is 9.70. The molecule has 3 heterocycles. The topological polar surface area (TPSA) is 125 Å². The van der Waals surface area contributed by atoms with Crippen LogP contribution in [0, 0.1) is 11.8 Å². The number of nitrogens with one attached hydrogen (secondary N) is 1. The van der Waals surface area contributed by atoms with Crippen LogP contribution in [0.25, 0.3) is 0 Å². The van der Waals surface area contributed by atoms with E-state index in [1.165, 1.54) is 4.90 Å². The first-order chi connectivity index (χ1) is 21.8. The Balaban J connectivity index is 1.43. The van der Waals surface area contributed by atoms with Gasteiger partial charge in [0.15, 0.2) is 0 Å². The minimum Gasteiger partial charge on any atom is -0.455 e. The van der Waals surface area contributed by atoms with E-state index in [2.05, 4.69) is 18.5 Å². The van der Waals surface area contributed by atoms with Gasteiger partial charge in [-0.15, -0.1) is 13.2 Å². The summed E-state index contributed by atoms with van der Waals surface area (Å²) in [7, 11) is 0. The summed E-state index contributed by atoms with van der Waals surface area (Å²) in [5.74, 6) is -3.18. The number of carbonyl (C=O) groups excluding carboxylic acids is 4. The maximum atomic E-state index is 14.6. The van der Waals surface area contributed by atoms with Crippen LogP contribution in [-0.2, 0) is 28.7 Å². The molecule has 7 atom stereocenters. The highest BCUT2D eigenvalue weighted by Crippen LogP contribution is 2.59. The maximum Gasteiger partial charge on any atom is 0.313 e. The van der Waals surface area contributed by atoms with Gasteiger partial charge in [-0.3, -0.25) is 19.2 Å². The van der Waals surface area contributed by atoms with Gasteiger partial charge in [0.2, 0.25) is 17.7 Å². The molecule has 1 saturated carbocycles. The Labute approximate surface area is 265 Å². The molecule has 4 fully saturated rings. The van der Waals surface area contributed by atoms with Gasteiger partial charge in [-0.1, -0.05) is 61.7 Å². The first-order valence-corrected chi connectivity index (χ1v) is 16.4. The van der Waals surface area contributed by atoms with Crippen molar-refractivity contribution < 1.29 is 33.8 Å². The van der Waals surface area contributed by atoms with E-state index < -0.39 is 47.7 Å². The number of benzene rings is 1. The molecule has 0 radical (unpaired) electrons. The Morgan fingerprint density at radius 1 is 1.16 bits per heavy atom. The minimum absolute atomic E-state index is 0.0359. The number of hydrogen-bond donors (Lipinski definition) is 2. The smallest absolute Gasteiger partial charge is 0.313 e. The van der Waals surface area contributed by atoms with E-state index in [0.29, 0.717) is 31.4 Å². The molecule has 0 aromatic heterocycles. The van der Waals surface area contributed by atoms with E-state index in [4.69, 9.17) is 9.47 Å². The van der Waals surface area contributed by atoms with Gasteiger partial charge in [-0.2, -0.15) is 0 Å². The number of amides is 3. The van der Waals surface area contributed by atoms with Crippen molar-refractivity contribution in [2.24, 2.45) is 11.8 Å². The fourth-order valence-electron chi connectivity index (χ4n) is 7.95. The highest BCUT2D eigenvalue weighted by molar-refractivity contribution is 5.98. The van der Waals surface area contributed by atoms with Crippen LogP contribution < -0.4 is 5.32 Å². The van der Waals surface area contributed by atoms with E-state index in [1.54, 1.807) is 19.1 Å². The fourth-order valence-corrected chi connectivity index (χ4v) is 7.95. The summed E-state index contributed by atoms with van der Waals surface area (Å²) in [5, 5.41) is 13.1. The van der Waals surface area contributed by atoms with Crippen LogP contribution in [-0.4, -0.2) is 88.1 Å². The molecule has 45 heavy (non-hydrogen) atoms. The Morgan fingerprint density at radius 3 is 2.56 bits per heavy atom. The predicted octanol–water partition coefficient (Wildman–Crippen LogP) is 3.46. The van der Waals surface area contributed by atoms with Gasteiger partial charge in [-0.25, -0.2) is 0 Å². The Hall–Kier alpha value is -3.50. The summed E-state index contributed by atoms with van der Waals surface area (Å²) >= 11 is 0. The Bertz CT molecular complexity index is 1260. The number of likely N-dealkylation sites (tertiary alicyclic amines) is 1. The van der Waals surface area contributed by atoms with Crippen LogP contribution in [0.3, 0.4) is 0 Å². The van der Waals surface area contributed by atoms with Crippen LogP contribution in [0.4, 0.5) is 0 Å². The predicted molar refractivity (Wildman–Crippen MR) is 167 cm³/mol. The SMILES string of the molecule is C=CCCC(=O)NC[C@H](OC(=O)[C@@H]1[C@@H]2CC[C@]3(O2)[C@H](C(=O)N(CC=C)C2CCCCC2)N([C@H](C)CO)C(=O)[C@@H]13)c1ccccc1. The summed E-state index contributed by atoms with van der Waals surface area (Å²) < 4.78 is 12.7. The second kappa shape index (κ2) is 14.3. The third-order valence-electron chi connectivity index (χ3n) is 10.1. The summed E-state index contributed by atoms with van der Waals surface area (Å²) in [4.78, 5) is 58.6. The highest BCUT2D eigenvalue weighted by Gasteiger charge is 2.75. The monoisotopic (exact) mass is 621 g/mol. The van der Waals surface area contributed by atoms with Gasteiger partial charge in [0, 0.05) is 19.0 Å². The van der Waals surface area contributed by atoms with Crippen LogP contribution in [0.2, 0.25) is 0 Å². The Morgan fingerprint density at radius 2 is 1.89 bits per heavy atom. The van der Waals surface area contributed by atoms with Crippen molar-refractivity contribution in [1.29, 1.82) is 0 Å². The van der Waals surface area contributed by atoms with E-state index in [0.717, 1.165) is 32.1 Å². The fraction of sp³-hybridized carbons (Fsp3) is 0.600. The van der Waals surface area contributed by atoms with Crippen LogP contribution >= 0.6 is 0 Å². The average Bonchev–Trinajstić information content (AvgIpc) is 3.72. The van der Waals surface area contributed by atoms with E-state index in [9.17, 15) is 24.3 Å². The quantitative estimate of drug-likeness (QED) is 0.241. The van der Waals surface area contributed by atoms with Crippen molar-refractivity contribution in [1.82, 2.24) is 15.1 Å². The molecule has 1 aliphatic carbocycles. The molecule has 3 amide bonds. The van der Waals surface area contributed by atoms with Gasteiger partial charge in [-0.05, 0) is 44.6 Å². The van der Waals surface area contributed by atoms with Crippen molar-refractivity contribution >= 4 is 23.7 Å². The minimum atomic E-state index is -1.19. The zero-order chi connectivity index (χ0) is 32.1. The lowest BCUT2D eigenvalue weighted by Gasteiger charge is -2.41. The molecule has 1 spiro atoms. The number of allylic oxidation sites excluding steroid dienone is 1. The van der Waals surface area contributed by atoms with Crippen LogP contribution in [0.15, 0.2) is 55.6 Å². The summed E-state index contributed by atoms with van der Waals surface area (Å²) in [6.45, 7) is 9.35. The second-order valence-corrected chi connectivity index (χ2v) is 12.9. The zero-order valence-corrected chi connectivity index (χ0v) is 26.3. The third-order valence-corrected chi connectivity index (χ3v) is 10.1. The molecule has 244 valence electrons. The number of ether oxygens (including phenoxy) is 2. The van der Waals surface area contributed by atoms with E-state index >= 15 is 0 Å². The molecule has 10 heteroatoms. The average molecular weight is 622 g/mol. The van der Waals surface area contributed by atoms with Crippen molar-refractivity contribution in [3.8, 4) is 0 Å². The van der Waals surface area contributed by atoms with Crippen LogP contribution in [0.5, 0.6) is 0 Å². The number of nitrogens with zero attached hydrogens (tertiary/aromatic N) is 2. The molecular weight excluding hydrogens is 574 g/mol. The van der Waals surface area contributed by atoms with Crippen molar-refractivity contribution in [3.63, 3.8) is 0 Å². The molecule has 1 aromatic rings. The van der Waals surface area contributed by atoms with E-state index in [-0.39, 0.29) is 43.3 Å². The van der Waals surface area contributed by atoms with Gasteiger partial charge in [0.25, 0.3) is 0 Å². The number of carbonyl (C=O) groups is 4. The number of aliphatic hydroxyl groups is 1. The standard InChI is InChI=1S/C35H47N3O7/c1-4-6-17-28(40)36-21-27(24-13-9-7-10-14-24)44-34(43)29-26-18-19-35(45-26)30(29)32(41)38(23(3)22-39)31(35)33(42)37(20-5-2)25-15-11-8-12-16-25/h4-5,7,9-10,13-14,23,25-27,29-31,39H,1-2,6,8,11-12,15-22H2,3H3,(H,36,40)/t23-,26+,27+,29-,30-,31+,35-/m1/s1. The lowest BCUT2D eigenvalue weighted by molar-refractivity contribution is -0.161. The normalized spacial score (nSPS) is 28.7. The first kappa shape index (κ1) is 32.9. The van der Waals surface area contributed by atoms with Gasteiger partial charge >= 0.3 is 5.97 Å². The number of hydrogen-bond acceptors (Lipinski definition) is 7. The molecule has 2 bridgehead atoms. The number of rotatable bonds is 14. The maximum absolute atomic E-state index is 14.6. The molecular formula is C35H47N3O7. The summed E-state index contributed by atoms with van der Waals surface area (Å²) in [5.41, 5.74) is -0.483. The molecule has 0 unspecified atom stereocenters.